The molecular weight excluding hydrogens is 596 g/mol. The molecule has 0 spiro atoms. The number of benzene rings is 2. The third kappa shape index (κ3) is 10.3. The predicted octanol–water partition coefficient (Wildman–Crippen LogP) is 9.44. The lowest BCUT2D eigenvalue weighted by Crippen LogP contribution is -2.48. The third-order valence-corrected chi connectivity index (χ3v) is 11.1. The molecule has 5 rings (SSSR count). The van der Waals surface area contributed by atoms with Gasteiger partial charge in [-0.25, -0.2) is 9.59 Å². The van der Waals surface area contributed by atoms with Gasteiger partial charge in [0, 0.05) is 76.1 Å². The van der Waals surface area contributed by atoms with E-state index in [1.165, 1.54) is 51.4 Å². The van der Waals surface area contributed by atoms with Gasteiger partial charge in [-0.05, 0) is 105 Å². The highest BCUT2D eigenvalue weighted by Gasteiger charge is 2.33. The van der Waals surface area contributed by atoms with Crippen LogP contribution in [0.2, 0.25) is 0 Å². The van der Waals surface area contributed by atoms with Crippen LogP contribution < -0.4 is 20.4 Å². The molecule has 48 heavy (non-hydrogen) atoms. The van der Waals surface area contributed by atoms with E-state index in [0.29, 0.717) is 23.9 Å². The van der Waals surface area contributed by atoms with Gasteiger partial charge in [-0.3, -0.25) is 0 Å². The molecule has 3 aliphatic rings. The van der Waals surface area contributed by atoms with Crippen molar-refractivity contribution in [3.05, 3.63) is 48.5 Å². The number of hydrogen-bond donors (Lipinski definition) is 2. The standard InChI is InChI=1S/C40H62N6O2/c1-43(2)35-24-20-33(21-25-35)41-39(47)45(37-16-9-5-6-10-17-37)29-31-14-13-15-32(28-31)30-46(38-18-11-7-8-12-19-38)40(48)42-34-22-26-36(27-23-34)44(3)4/h20-27,31-32,37-38H,5-19,28-30H2,1-4H3,(H,41,47)(H,42,48)/t31-,32-/m1/s1. The zero-order valence-electron chi connectivity index (χ0n) is 30.3. The minimum atomic E-state index is 0.0429. The number of carbonyl (C=O) groups excluding carboxylic acids is 2. The Morgan fingerprint density at radius 2 is 0.875 bits per heavy atom. The summed E-state index contributed by atoms with van der Waals surface area (Å²) < 4.78 is 0. The summed E-state index contributed by atoms with van der Waals surface area (Å²) in [6.45, 7) is 1.60. The number of rotatable bonds is 10. The smallest absolute Gasteiger partial charge is 0.322 e. The van der Waals surface area contributed by atoms with E-state index in [1.54, 1.807) is 0 Å². The summed E-state index contributed by atoms with van der Waals surface area (Å²) in [5.74, 6) is 0.901. The first-order chi connectivity index (χ1) is 23.3. The third-order valence-electron chi connectivity index (χ3n) is 11.1. The highest BCUT2D eigenvalue weighted by molar-refractivity contribution is 5.90. The molecule has 3 saturated carbocycles. The highest BCUT2D eigenvalue weighted by atomic mass is 16.2. The van der Waals surface area contributed by atoms with Gasteiger partial charge in [0.2, 0.25) is 0 Å². The van der Waals surface area contributed by atoms with Gasteiger partial charge in [0.15, 0.2) is 0 Å². The summed E-state index contributed by atoms with van der Waals surface area (Å²) in [4.78, 5) is 36.5. The first-order valence-electron chi connectivity index (χ1n) is 19.0. The molecule has 2 aromatic rings. The van der Waals surface area contributed by atoms with Crippen molar-refractivity contribution in [2.45, 2.75) is 115 Å². The summed E-state index contributed by atoms with van der Waals surface area (Å²) >= 11 is 0. The van der Waals surface area contributed by atoms with Crippen LogP contribution in [0.4, 0.5) is 32.3 Å². The molecule has 2 aromatic carbocycles. The van der Waals surface area contributed by atoms with Gasteiger partial charge in [0.05, 0.1) is 0 Å². The molecule has 2 atom stereocenters. The fourth-order valence-electron chi connectivity index (χ4n) is 8.30. The Morgan fingerprint density at radius 1 is 0.521 bits per heavy atom. The fraction of sp³-hybridized carbons (Fsp3) is 0.650. The molecule has 0 unspecified atom stereocenters. The second kappa shape index (κ2) is 17.8. The van der Waals surface area contributed by atoms with E-state index in [2.05, 4.69) is 54.5 Å². The summed E-state index contributed by atoms with van der Waals surface area (Å²) in [7, 11) is 8.13. The Bertz CT molecular complexity index is 1170. The highest BCUT2D eigenvalue weighted by Crippen LogP contribution is 2.34. The van der Waals surface area contributed by atoms with Gasteiger partial charge in [-0.15, -0.1) is 0 Å². The quantitative estimate of drug-likeness (QED) is 0.250. The normalized spacial score (nSPS) is 21.0. The summed E-state index contributed by atoms with van der Waals surface area (Å²) in [5.41, 5.74) is 3.95. The Labute approximate surface area is 290 Å². The molecule has 0 bridgehead atoms. The van der Waals surface area contributed by atoms with Crippen LogP contribution in [0.25, 0.3) is 0 Å². The first kappa shape index (κ1) is 35.9. The minimum absolute atomic E-state index is 0.0429. The summed E-state index contributed by atoms with van der Waals surface area (Å²) in [6, 6.07) is 17.0. The van der Waals surface area contributed by atoms with Crippen molar-refractivity contribution in [3.8, 4) is 0 Å². The maximum Gasteiger partial charge on any atom is 0.322 e. The van der Waals surface area contributed by atoms with Crippen LogP contribution in [0.1, 0.15) is 103 Å². The van der Waals surface area contributed by atoms with Crippen molar-refractivity contribution < 1.29 is 9.59 Å². The first-order valence-corrected chi connectivity index (χ1v) is 19.0. The molecule has 0 saturated heterocycles. The number of nitrogens with zero attached hydrogens (tertiary/aromatic N) is 4. The molecule has 8 nitrogen and oxygen atoms in total. The molecule has 0 radical (unpaired) electrons. The Morgan fingerprint density at radius 3 is 1.21 bits per heavy atom. The van der Waals surface area contributed by atoms with E-state index in [9.17, 15) is 9.59 Å². The number of carbonyl (C=O) groups is 2. The lowest BCUT2D eigenvalue weighted by Gasteiger charge is -2.40. The minimum Gasteiger partial charge on any atom is -0.378 e. The van der Waals surface area contributed by atoms with E-state index in [-0.39, 0.29) is 12.1 Å². The number of nitrogens with one attached hydrogen (secondary N) is 2. The molecule has 3 aliphatic carbocycles. The monoisotopic (exact) mass is 658 g/mol. The van der Waals surface area contributed by atoms with Crippen LogP contribution in [0.3, 0.4) is 0 Å². The Hall–Kier alpha value is -3.42. The van der Waals surface area contributed by atoms with E-state index in [1.807, 2.05) is 52.5 Å². The molecule has 264 valence electrons. The van der Waals surface area contributed by atoms with Gasteiger partial charge in [-0.2, -0.15) is 0 Å². The maximum atomic E-state index is 14.0. The Kier molecular flexibility index (Phi) is 13.3. The van der Waals surface area contributed by atoms with Crippen LogP contribution in [0.5, 0.6) is 0 Å². The van der Waals surface area contributed by atoms with Gasteiger partial charge < -0.3 is 30.2 Å². The molecule has 4 amide bonds. The predicted molar refractivity (Wildman–Crippen MR) is 201 cm³/mol. The molecule has 0 heterocycles. The van der Waals surface area contributed by atoms with Crippen LogP contribution in [0, 0.1) is 11.8 Å². The average molecular weight is 659 g/mol. The van der Waals surface area contributed by atoms with Crippen LogP contribution in [0.15, 0.2) is 48.5 Å². The molecule has 3 fully saturated rings. The van der Waals surface area contributed by atoms with E-state index in [0.717, 1.165) is 87.2 Å². The zero-order valence-corrected chi connectivity index (χ0v) is 30.3. The van der Waals surface area contributed by atoms with Crippen LogP contribution in [-0.4, -0.2) is 75.2 Å². The molecular formula is C40H62N6O2. The van der Waals surface area contributed by atoms with Gasteiger partial charge in [0.25, 0.3) is 0 Å². The van der Waals surface area contributed by atoms with Crippen molar-refractivity contribution >= 4 is 34.8 Å². The second-order valence-corrected chi connectivity index (χ2v) is 15.2. The Balaban J connectivity index is 1.27. The number of amides is 4. The maximum absolute atomic E-state index is 14.0. The molecule has 8 heteroatoms. The van der Waals surface area contributed by atoms with Crippen molar-refractivity contribution in [3.63, 3.8) is 0 Å². The van der Waals surface area contributed by atoms with E-state index in [4.69, 9.17) is 0 Å². The van der Waals surface area contributed by atoms with Crippen LogP contribution >= 0.6 is 0 Å². The van der Waals surface area contributed by atoms with Gasteiger partial charge in [0.1, 0.15) is 0 Å². The number of anilines is 4. The van der Waals surface area contributed by atoms with E-state index < -0.39 is 0 Å². The lowest BCUT2D eigenvalue weighted by atomic mass is 9.80. The lowest BCUT2D eigenvalue weighted by molar-refractivity contribution is 0.121. The molecule has 0 aliphatic heterocycles. The van der Waals surface area contributed by atoms with Crippen molar-refractivity contribution in [1.82, 2.24) is 9.80 Å². The largest absolute Gasteiger partial charge is 0.378 e. The average Bonchev–Trinajstić information content (AvgIpc) is 3.53. The van der Waals surface area contributed by atoms with Crippen molar-refractivity contribution in [2.75, 3.05) is 61.7 Å². The van der Waals surface area contributed by atoms with Gasteiger partial charge in [-0.1, -0.05) is 57.8 Å². The number of urea groups is 2. The SMILES string of the molecule is CN(C)c1ccc(NC(=O)N(C[C@@H]2CCC[C@@H](CN(C(=O)Nc3ccc(N(C)C)cc3)C3CCCCCC3)C2)C2CCCCCC2)cc1. The topological polar surface area (TPSA) is 71.2 Å². The second-order valence-electron chi connectivity index (χ2n) is 15.2. The molecule has 2 N–H and O–H groups in total. The van der Waals surface area contributed by atoms with Crippen molar-refractivity contribution in [2.24, 2.45) is 11.8 Å². The van der Waals surface area contributed by atoms with Crippen LogP contribution in [-0.2, 0) is 0 Å². The zero-order chi connectivity index (χ0) is 33.9. The summed E-state index contributed by atoms with van der Waals surface area (Å²) in [6.07, 6.45) is 18.8. The number of hydrogen-bond acceptors (Lipinski definition) is 4. The molecule has 0 aromatic heterocycles. The van der Waals surface area contributed by atoms with Crippen molar-refractivity contribution in [1.29, 1.82) is 0 Å². The van der Waals surface area contributed by atoms with E-state index >= 15 is 0 Å². The fourth-order valence-corrected chi connectivity index (χ4v) is 8.30. The van der Waals surface area contributed by atoms with Gasteiger partial charge >= 0.3 is 12.1 Å². The summed E-state index contributed by atoms with van der Waals surface area (Å²) in [5, 5.41) is 6.52.